The number of carbonyl (C=O) groups excluding carboxylic acids is 2. The van der Waals surface area contributed by atoms with Gasteiger partial charge in [0, 0.05) is 25.8 Å². The Morgan fingerprint density at radius 1 is 0.931 bits per heavy atom. The number of benzene rings is 2. The van der Waals surface area contributed by atoms with Gasteiger partial charge in [-0.15, -0.1) is 0 Å². The normalized spacial score (nSPS) is 16.9. The molecule has 0 N–H and O–H groups in total. The number of rotatable bonds is 4. The number of hydrazine groups is 1. The van der Waals surface area contributed by atoms with E-state index in [4.69, 9.17) is 0 Å². The first kappa shape index (κ1) is 19.6. The van der Waals surface area contributed by atoms with Crippen LogP contribution >= 0.6 is 0 Å². The number of carbonyl (C=O) groups is 2. The number of sulfone groups is 1. The van der Waals surface area contributed by atoms with Crippen molar-refractivity contribution in [1.82, 2.24) is 10.0 Å². The fraction of sp³-hybridized carbons (Fsp3) is 0.364. The minimum atomic E-state index is -3.55. The van der Waals surface area contributed by atoms with Gasteiger partial charge >= 0.3 is 0 Å². The van der Waals surface area contributed by atoms with Crippen molar-refractivity contribution in [3.8, 4) is 0 Å². The minimum Gasteiger partial charge on any atom is -0.273 e. The smallest absolute Gasteiger partial charge is 0.273 e. The zero-order chi connectivity index (χ0) is 20.6. The molecule has 0 bridgehead atoms. The summed E-state index contributed by atoms with van der Waals surface area (Å²) < 4.78 is 24.2. The Labute approximate surface area is 171 Å². The number of fused-ring (bicyclic) bond motifs is 1. The quantitative estimate of drug-likeness (QED) is 0.773. The lowest BCUT2D eigenvalue weighted by atomic mass is 10.0. The van der Waals surface area contributed by atoms with E-state index < -0.39 is 15.7 Å². The first-order valence-electron chi connectivity index (χ1n) is 9.82. The van der Waals surface area contributed by atoms with E-state index in [9.17, 15) is 18.0 Å². The standard InChI is InChI=1S/C22H24N2O4S/c1-29(27,28)20-10-5-4-9-19(20)22(26)24-12-6-11-23(24)21(25)15-16-13-17-7-2-3-8-18(17)14-16/h2-5,7-10,16H,6,11-15H2,1H3. The topological polar surface area (TPSA) is 74.8 Å². The van der Waals surface area contributed by atoms with Crippen molar-refractivity contribution >= 4 is 21.7 Å². The Balaban J connectivity index is 1.50. The summed E-state index contributed by atoms with van der Waals surface area (Å²) in [6.07, 6.45) is 3.90. The lowest BCUT2D eigenvalue weighted by Gasteiger charge is -2.29. The maximum atomic E-state index is 13.1. The number of nitrogens with zero attached hydrogens (tertiary/aromatic N) is 2. The van der Waals surface area contributed by atoms with Crippen molar-refractivity contribution in [2.24, 2.45) is 5.92 Å². The number of hydrogen-bond donors (Lipinski definition) is 0. The highest BCUT2D eigenvalue weighted by atomic mass is 32.2. The van der Waals surface area contributed by atoms with Crippen LogP contribution in [-0.4, -0.2) is 49.6 Å². The van der Waals surface area contributed by atoms with E-state index in [1.807, 2.05) is 12.1 Å². The van der Waals surface area contributed by atoms with Gasteiger partial charge in [0.15, 0.2) is 9.84 Å². The van der Waals surface area contributed by atoms with Gasteiger partial charge in [-0.3, -0.25) is 14.6 Å². The van der Waals surface area contributed by atoms with Crippen LogP contribution in [0.15, 0.2) is 53.4 Å². The molecule has 0 atom stereocenters. The molecule has 4 rings (SSSR count). The Kier molecular flexibility index (Phi) is 5.17. The van der Waals surface area contributed by atoms with E-state index in [2.05, 4.69) is 12.1 Å². The van der Waals surface area contributed by atoms with Gasteiger partial charge in [-0.1, -0.05) is 36.4 Å². The number of amides is 2. The minimum absolute atomic E-state index is 0.00413. The predicted octanol–water partition coefficient (Wildman–Crippen LogP) is 2.48. The fourth-order valence-electron chi connectivity index (χ4n) is 4.33. The van der Waals surface area contributed by atoms with Crippen LogP contribution < -0.4 is 0 Å². The molecule has 2 aromatic rings. The summed E-state index contributed by atoms with van der Waals surface area (Å²) in [6.45, 7) is 0.888. The summed E-state index contributed by atoms with van der Waals surface area (Å²) in [5, 5.41) is 2.92. The van der Waals surface area contributed by atoms with Crippen molar-refractivity contribution in [3.63, 3.8) is 0 Å². The van der Waals surface area contributed by atoms with Gasteiger partial charge in [0.05, 0.1) is 10.5 Å². The van der Waals surface area contributed by atoms with Crippen LogP contribution in [0.1, 0.15) is 34.3 Å². The van der Waals surface area contributed by atoms with Crippen LogP contribution in [0.3, 0.4) is 0 Å². The van der Waals surface area contributed by atoms with Gasteiger partial charge in [0.1, 0.15) is 0 Å². The first-order valence-corrected chi connectivity index (χ1v) is 11.7. The van der Waals surface area contributed by atoms with Crippen molar-refractivity contribution in [3.05, 3.63) is 65.2 Å². The summed E-state index contributed by atoms with van der Waals surface area (Å²) >= 11 is 0. The average Bonchev–Trinajstić information content (AvgIpc) is 3.33. The molecule has 2 aromatic carbocycles. The van der Waals surface area contributed by atoms with E-state index in [1.165, 1.54) is 33.3 Å². The first-order chi connectivity index (χ1) is 13.8. The van der Waals surface area contributed by atoms with Crippen LogP contribution in [0.25, 0.3) is 0 Å². The predicted molar refractivity (Wildman–Crippen MR) is 109 cm³/mol. The SMILES string of the molecule is CS(=O)(=O)c1ccccc1C(=O)N1CCCN1C(=O)CC1Cc2ccccc2C1. The molecule has 1 saturated heterocycles. The molecule has 2 amide bonds. The maximum absolute atomic E-state index is 13.1. The molecular weight excluding hydrogens is 388 g/mol. The van der Waals surface area contributed by atoms with Gasteiger partial charge in [0.2, 0.25) is 5.91 Å². The molecule has 0 saturated carbocycles. The van der Waals surface area contributed by atoms with E-state index in [0.717, 1.165) is 19.1 Å². The van der Waals surface area contributed by atoms with Crippen LogP contribution in [-0.2, 0) is 27.5 Å². The van der Waals surface area contributed by atoms with Crippen LogP contribution in [0.4, 0.5) is 0 Å². The van der Waals surface area contributed by atoms with Crippen molar-refractivity contribution < 1.29 is 18.0 Å². The second kappa shape index (κ2) is 7.63. The van der Waals surface area contributed by atoms with E-state index in [0.29, 0.717) is 25.9 Å². The van der Waals surface area contributed by atoms with E-state index in [-0.39, 0.29) is 22.3 Å². The third-order valence-corrected chi connectivity index (χ3v) is 6.82. The van der Waals surface area contributed by atoms with Crippen molar-refractivity contribution in [2.45, 2.75) is 30.6 Å². The van der Waals surface area contributed by atoms with Gasteiger partial charge in [-0.05, 0) is 48.4 Å². The molecule has 0 spiro atoms. The van der Waals surface area contributed by atoms with Gasteiger partial charge in [-0.25, -0.2) is 13.4 Å². The molecule has 0 unspecified atom stereocenters. The summed E-state index contributed by atoms with van der Waals surface area (Å²) in [5.74, 6) is -0.280. The molecule has 1 heterocycles. The molecule has 0 aromatic heterocycles. The summed E-state index contributed by atoms with van der Waals surface area (Å²) in [5.41, 5.74) is 2.70. The number of hydrogen-bond acceptors (Lipinski definition) is 4. The van der Waals surface area contributed by atoms with Gasteiger partial charge in [0.25, 0.3) is 5.91 Å². The van der Waals surface area contributed by atoms with Gasteiger partial charge < -0.3 is 0 Å². The second-order valence-electron chi connectivity index (χ2n) is 7.81. The molecule has 29 heavy (non-hydrogen) atoms. The Morgan fingerprint density at radius 3 is 2.17 bits per heavy atom. The van der Waals surface area contributed by atoms with Crippen LogP contribution in [0.5, 0.6) is 0 Å². The monoisotopic (exact) mass is 412 g/mol. The molecule has 1 fully saturated rings. The summed E-state index contributed by atoms with van der Waals surface area (Å²) in [4.78, 5) is 26.1. The van der Waals surface area contributed by atoms with Crippen molar-refractivity contribution in [2.75, 3.05) is 19.3 Å². The Morgan fingerprint density at radius 2 is 1.52 bits per heavy atom. The highest BCUT2D eigenvalue weighted by molar-refractivity contribution is 7.90. The van der Waals surface area contributed by atoms with Crippen LogP contribution in [0.2, 0.25) is 0 Å². The highest BCUT2D eigenvalue weighted by Gasteiger charge is 2.35. The van der Waals surface area contributed by atoms with Crippen LogP contribution in [0, 0.1) is 5.92 Å². The second-order valence-corrected chi connectivity index (χ2v) is 9.80. The van der Waals surface area contributed by atoms with Gasteiger partial charge in [-0.2, -0.15) is 0 Å². The molecule has 0 radical (unpaired) electrons. The zero-order valence-corrected chi connectivity index (χ0v) is 17.2. The lowest BCUT2D eigenvalue weighted by molar-refractivity contribution is -0.141. The summed E-state index contributed by atoms with van der Waals surface area (Å²) in [6, 6.07) is 14.4. The molecule has 152 valence electrons. The van der Waals surface area contributed by atoms with E-state index >= 15 is 0 Å². The molecule has 1 aliphatic carbocycles. The zero-order valence-electron chi connectivity index (χ0n) is 16.4. The third kappa shape index (κ3) is 3.92. The Hall–Kier alpha value is -2.67. The molecular formula is C22H24N2O4S. The molecule has 1 aliphatic heterocycles. The van der Waals surface area contributed by atoms with E-state index in [1.54, 1.807) is 12.1 Å². The molecule has 7 heteroatoms. The third-order valence-electron chi connectivity index (χ3n) is 5.67. The summed E-state index contributed by atoms with van der Waals surface area (Å²) in [7, 11) is -3.55. The average molecular weight is 413 g/mol. The highest BCUT2D eigenvalue weighted by Crippen LogP contribution is 2.30. The molecule has 2 aliphatic rings. The largest absolute Gasteiger partial charge is 0.273 e. The lowest BCUT2D eigenvalue weighted by Crippen LogP contribution is -2.45. The molecule has 6 nitrogen and oxygen atoms in total. The van der Waals surface area contributed by atoms with Crippen molar-refractivity contribution in [1.29, 1.82) is 0 Å². The Bertz CT molecular complexity index is 1040. The fourth-order valence-corrected chi connectivity index (χ4v) is 5.22. The maximum Gasteiger partial charge on any atom is 0.273 e.